The molecule has 0 fully saturated rings. The maximum Gasteiger partial charge on any atom is 0.251 e. The van der Waals surface area contributed by atoms with E-state index in [9.17, 15) is 9.59 Å². The minimum absolute atomic E-state index is 0.0805. The summed E-state index contributed by atoms with van der Waals surface area (Å²) in [5.74, 6) is -0.0716. The lowest BCUT2D eigenvalue weighted by molar-refractivity contribution is -0.130. The molecule has 0 aliphatic rings. The van der Waals surface area contributed by atoms with E-state index in [1.165, 1.54) is 0 Å². The van der Waals surface area contributed by atoms with Gasteiger partial charge >= 0.3 is 0 Å². The highest BCUT2D eigenvalue weighted by molar-refractivity contribution is 7.07. The van der Waals surface area contributed by atoms with E-state index in [1.54, 1.807) is 47.5 Å². The van der Waals surface area contributed by atoms with E-state index in [1.807, 2.05) is 16.8 Å². The summed E-state index contributed by atoms with van der Waals surface area (Å²) in [5, 5.41) is 7.44. The van der Waals surface area contributed by atoms with E-state index in [-0.39, 0.29) is 11.8 Å². The molecule has 0 saturated heterocycles. The number of nitrogens with zero attached hydrogens (tertiary/aromatic N) is 1. The first kappa shape index (κ1) is 17.5. The molecular formula is C17H19ClN2O2S. The summed E-state index contributed by atoms with van der Waals surface area (Å²) < 4.78 is 0. The van der Waals surface area contributed by atoms with Crippen LogP contribution in [0.4, 0.5) is 0 Å². The van der Waals surface area contributed by atoms with E-state index in [0.717, 1.165) is 5.56 Å². The minimum Gasteiger partial charge on any atom is -0.352 e. The van der Waals surface area contributed by atoms with Gasteiger partial charge in [-0.05, 0) is 53.1 Å². The third-order valence-electron chi connectivity index (χ3n) is 3.38. The molecule has 0 radical (unpaired) electrons. The van der Waals surface area contributed by atoms with Crippen molar-refractivity contribution in [1.82, 2.24) is 10.2 Å². The predicted octanol–water partition coefficient (Wildman–Crippen LogP) is 3.57. The summed E-state index contributed by atoms with van der Waals surface area (Å²) in [6.07, 6.45) is 1.04. The highest BCUT2D eigenvalue weighted by Gasteiger charge is 2.10. The number of hydrogen-bond acceptors (Lipinski definition) is 3. The van der Waals surface area contributed by atoms with Crippen molar-refractivity contribution < 1.29 is 9.59 Å². The van der Waals surface area contributed by atoms with Crippen LogP contribution in [0.15, 0.2) is 41.1 Å². The second kappa shape index (κ2) is 8.70. The summed E-state index contributed by atoms with van der Waals surface area (Å²) in [6.45, 7) is 1.10. The van der Waals surface area contributed by atoms with Crippen LogP contribution in [0.1, 0.15) is 28.8 Å². The van der Waals surface area contributed by atoms with Gasteiger partial charge in [-0.25, -0.2) is 0 Å². The third kappa shape index (κ3) is 5.69. The van der Waals surface area contributed by atoms with Crippen molar-refractivity contribution in [2.75, 3.05) is 13.6 Å². The largest absolute Gasteiger partial charge is 0.352 e. The number of amides is 2. The lowest BCUT2D eigenvalue weighted by Gasteiger charge is -2.16. The number of nitrogens with one attached hydrogen (secondary N) is 1. The first-order valence-electron chi connectivity index (χ1n) is 7.35. The van der Waals surface area contributed by atoms with E-state index < -0.39 is 0 Å². The number of benzene rings is 1. The molecular weight excluding hydrogens is 332 g/mol. The van der Waals surface area contributed by atoms with Gasteiger partial charge in [0, 0.05) is 37.1 Å². The molecule has 2 aromatic rings. The normalized spacial score (nSPS) is 10.3. The van der Waals surface area contributed by atoms with Crippen LogP contribution in [0.2, 0.25) is 5.02 Å². The molecule has 0 bridgehead atoms. The quantitative estimate of drug-likeness (QED) is 0.776. The summed E-state index contributed by atoms with van der Waals surface area (Å²) in [4.78, 5) is 25.6. The van der Waals surface area contributed by atoms with E-state index in [2.05, 4.69) is 5.32 Å². The minimum atomic E-state index is -0.152. The molecule has 0 saturated carbocycles. The maximum atomic E-state index is 12.0. The van der Waals surface area contributed by atoms with Crippen LogP contribution in [0.5, 0.6) is 0 Å². The van der Waals surface area contributed by atoms with Crippen LogP contribution in [0.3, 0.4) is 0 Å². The average Bonchev–Trinajstić information content (AvgIpc) is 3.04. The van der Waals surface area contributed by atoms with Crippen molar-refractivity contribution in [2.45, 2.75) is 19.4 Å². The van der Waals surface area contributed by atoms with Crippen molar-refractivity contribution in [3.8, 4) is 0 Å². The van der Waals surface area contributed by atoms with Gasteiger partial charge in [0.05, 0.1) is 0 Å². The molecule has 0 aliphatic heterocycles. The lowest BCUT2D eigenvalue weighted by Crippen LogP contribution is -2.28. The van der Waals surface area contributed by atoms with Crippen LogP contribution < -0.4 is 5.32 Å². The number of rotatable bonds is 7. The molecule has 0 aliphatic carbocycles. The van der Waals surface area contributed by atoms with Crippen molar-refractivity contribution >= 4 is 34.8 Å². The van der Waals surface area contributed by atoms with Gasteiger partial charge < -0.3 is 10.2 Å². The Labute approximate surface area is 145 Å². The van der Waals surface area contributed by atoms with Crippen LogP contribution in [0.25, 0.3) is 0 Å². The second-order valence-corrected chi connectivity index (χ2v) is 6.46. The second-order valence-electron chi connectivity index (χ2n) is 5.25. The highest BCUT2D eigenvalue weighted by atomic mass is 35.5. The number of carbonyl (C=O) groups is 2. The summed E-state index contributed by atoms with van der Waals surface area (Å²) in [7, 11) is 1.80. The van der Waals surface area contributed by atoms with Gasteiger partial charge in [0.2, 0.25) is 5.91 Å². The molecule has 2 rings (SSSR count). The number of hydrogen-bond donors (Lipinski definition) is 1. The highest BCUT2D eigenvalue weighted by Crippen LogP contribution is 2.10. The van der Waals surface area contributed by atoms with E-state index in [0.29, 0.717) is 36.5 Å². The molecule has 122 valence electrons. The monoisotopic (exact) mass is 350 g/mol. The van der Waals surface area contributed by atoms with E-state index in [4.69, 9.17) is 11.6 Å². The Morgan fingerprint density at radius 1 is 1.22 bits per heavy atom. The van der Waals surface area contributed by atoms with Gasteiger partial charge in [-0.2, -0.15) is 11.3 Å². The molecule has 1 aromatic heterocycles. The number of thiophene rings is 1. The van der Waals surface area contributed by atoms with Crippen LogP contribution in [-0.2, 0) is 11.3 Å². The van der Waals surface area contributed by atoms with Crippen LogP contribution in [-0.4, -0.2) is 30.3 Å². The molecule has 4 nitrogen and oxygen atoms in total. The Morgan fingerprint density at radius 3 is 2.61 bits per heavy atom. The zero-order valence-corrected chi connectivity index (χ0v) is 14.5. The molecule has 2 amide bonds. The average molecular weight is 351 g/mol. The number of halogens is 1. The Morgan fingerprint density at radius 2 is 1.96 bits per heavy atom. The standard InChI is InChI=1S/C17H19ClN2O2S/c1-20(11-13-8-10-23-12-13)16(21)3-2-9-19-17(22)14-4-6-15(18)7-5-14/h4-8,10,12H,2-3,9,11H2,1H3,(H,19,22). The van der Waals surface area contributed by atoms with Gasteiger partial charge in [-0.15, -0.1) is 0 Å². The zero-order chi connectivity index (χ0) is 16.7. The van der Waals surface area contributed by atoms with Crippen molar-refractivity contribution in [3.63, 3.8) is 0 Å². The van der Waals surface area contributed by atoms with Gasteiger partial charge in [0.15, 0.2) is 0 Å². The fraction of sp³-hybridized carbons (Fsp3) is 0.294. The molecule has 1 N–H and O–H groups in total. The van der Waals surface area contributed by atoms with Crippen molar-refractivity contribution in [3.05, 3.63) is 57.2 Å². The Balaban J connectivity index is 1.67. The van der Waals surface area contributed by atoms with Crippen LogP contribution >= 0.6 is 22.9 Å². The van der Waals surface area contributed by atoms with Gasteiger partial charge in [0.25, 0.3) is 5.91 Å². The molecule has 1 aromatic carbocycles. The summed E-state index contributed by atoms with van der Waals surface area (Å²) in [5.41, 5.74) is 1.71. The molecule has 1 heterocycles. The smallest absolute Gasteiger partial charge is 0.251 e. The maximum absolute atomic E-state index is 12.0. The first-order chi connectivity index (χ1) is 11.1. The van der Waals surface area contributed by atoms with Gasteiger partial charge in [0.1, 0.15) is 0 Å². The number of carbonyl (C=O) groups excluding carboxylic acids is 2. The topological polar surface area (TPSA) is 49.4 Å². The Kier molecular flexibility index (Phi) is 6.62. The summed E-state index contributed by atoms with van der Waals surface area (Å²) in [6, 6.07) is 8.73. The third-order valence-corrected chi connectivity index (χ3v) is 4.37. The SMILES string of the molecule is CN(Cc1ccsc1)C(=O)CCCNC(=O)c1ccc(Cl)cc1. The van der Waals surface area contributed by atoms with Crippen LogP contribution in [0, 0.1) is 0 Å². The molecule has 0 spiro atoms. The Bertz CT molecular complexity index is 641. The summed E-state index contributed by atoms with van der Waals surface area (Å²) >= 11 is 7.41. The van der Waals surface area contributed by atoms with Crippen molar-refractivity contribution in [1.29, 1.82) is 0 Å². The first-order valence-corrected chi connectivity index (χ1v) is 8.67. The van der Waals surface area contributed by atoms with Crippen molar-refractivity contribution in [2.24, 2.45) is 0 Å². The predicted molar refractivity (Wildman–Crippen MR) is 93.8 cm³/mol. The van der Waals surface area contributed by atoms with E-state index >= 15 is 0 Å². The fourth-order valence-corrected chi connectivity index (χ4v) is 2.87. The van der Waals surface area contributed by atoms with Gasteiger partial charge in [-0.3, -0.25) is 9.59 Å². The fourth-order valence-electron chi connectivity index (χ4n) is 2.08. The molecule has 0 unspecified atom stereocenters. The Hall–Kier alpha value is -1.85. The molecule has 0 atom stereocenters. The molecule has 23 heavy (non-hydrogen) atoms. The lowest BCUT2D eigenvalue weighted by atomic mass is 10.2. The molecule has 6 heteroatoms. The van der Waals surface area contributed by atoms with Gasteiger partial charge in [-0.1, -0.05) is 11.6 Å². The zero-order valence-electron chi connectivity index (χ0n) is 12.9.